The van der Waals surface area contributed by atoms with Gasteiger partial charge in [-0.3, -0.25) is 4.79 Å². The van der Waals surface area contributed by atoms with E-state index >= 15 is 0 Å². The summed E-state index contributed by atoms with van der Waals surface area (Å²) in [5, 5.41) is 0. The lowest BCUT2D eigenvalue weighted by molar-refractivity contribution is 0.111. The van der Waals surface area contributed by atoms with Crippen molar-refractivity contribution in [3.8, 4) is 5.75 Å². The van der Waals surface area contributed by atoms with Crippen LogP contribution in [0.4, 0.5) is 4.39 Å². The van der Waals surface area contributed by atoms with Gasteiger partial charge < -0.3 is 4.74 Å². The van der Waals surface area contributed by atoms with Crippen molar-refractivity contribution < 1.29 is 13.9 Å². The summed E-state index contributed by atoms with van der Waals surface area (Å²) in [7, 11) is 0. The normalized spacial score (nSPS) is 15.5. The molecule has 1 saturated carbocycles. The van der Waals surface area contributed by atoms with Crippen molar-refractivity contribution in [2.24, 2.45) is 0 Å². The first kappa shape index (κ1) is 8.16. The van der Waals surface area contributed by atoms with Crippen LogP contribution in [-0.4, -0.2) is 17.4 Å². The van der Waals surface area contributed by atoms with Gasteiger partial charge in [0, 0.05) is 6.07 Å². The van der Waals surface area contributed by atoms with Crippen LogP contribution in [0.15, 0.2) is 12.3 Å². The molecule has 1 fully saturated rings. The van der Waals surface area contributed by atoms with Gasteiger partial charge in [-0.1, -0.05) is 0 Å². The number of pyridine rings is 1. The van der Waals surface area contributed by atoms with E-state index in [1.54, 1.807) is 0 Å². The Morgan fingerprint density at radius 3 is 2.92 bits per heavy atom. The van der Waals surface area contributed by atoms with Crippen molar-refractivity contribution >= 4 is 6.29 Å². The van der Waals surface area contributed by atoms with E-state index in [0.29, 0.717) is 6.29 Å². The SMILES string of the molecule is O=Cc1cc(F)c(OC2CC2)cn1. The van der Waals surface area contributed by atoms with Gasteiger partial charge in [-0.2, -0.15) is 0 Å². The first-order valence-corrected chi connectivity index (χ1v) is 4.07. The zero-order valence-corrected chi connectivity index (χ0v) is 6.87. The zero-order chi connectivity index (χ0) is 9.26. The third-order valence-electron chi connectivity index (χ3n) is 1.78. The van der Waals surface area contributed by atoms with Gasteiger partial charge in [-0.05, 0) is 12.8 Å². The van der Waals surface area contributed by atoms with Gasteiger partial charge >= 0.3 is 0 Å². The molecule has 0 radical (unpaired) electrons. The van der Waals surface area contributed by atoms with Crippen LogP contribution in [0.3, 0.4) is 0 Å². The molecule has 3 nitrogen and oxygen atoms in total. The second-order valence-corrected chi connectivity index (χ2v) is 2.97. The highest BCUT2D eigenvalue weighted by Crippen LogP contribution is 2.27. The number of carbonyl (C=O) groups excluding carboxylic acids is 1. The second-order valence-electron chi connectivity index (χ2n) is 2.97. The maximum atomic E-state index is 13.1. The molecule has 0 spiro atoms. The fourth-order valence-electron chi connectivity index (χ4n) is 0.950. The van der Waals surface area contributed by atoms with Gasteiger partial charge in [0.2, 0.25) is 0 Å². The molecule has 0 saturated heterocycles. The third-order valence-corrected chi connectivity index (χ3v) is 1.78. The van der Waals surface area contributed by atoms with E-state index in [0.717, 1.165) is 18.9 Å². The number of halogens is 1. The molecule has 13 heavy (non-hydrogen) atoms. The summed E-state index contributed by atoms with van der Waals surface area (Å²) in [6.07, 6.45) is 3.82. The summed E-state index contributed by atoms with van der Waals surface area (Å²) >= 11 is 0. The van der Waals surface area contributed by atoms with Gasteiger partial charge in [0.15, 0.2) is 17.9 Å². The summed E-state index contributed by atoms with van der Waals surface area (Å²) in [5.41, 5.74) is 0.0839. The van der Waals surface area contributed by atoms with Crippen LogP contribution in [0.5, 0.6) is 5.75 Å². The van der Waals surface area contributed by atoms with Crippen molar-refractivity contribution in [2.75, 3.05) is 0 Å². The minimum atomic E-state index is -0.524. The van der Waals surface area contributed by atoms with Crippen LogP contribution in [0.2, 0.25) is 0 Å². The van der Waals surface area contributed by atoms with E-state index in [4.69, 9.17) is 4.74 Å². The van der Waals surface area contributed by atoms with E-state index in [1.807, 2.05) is 0 Å². The number of aldehydes is 1. The van der Waals surface area contributed by atoms with E-state index in [9.17, 15) is 9.18 Å². The minimum absolute atomic E-state index is 0.0839. The van der Waals surface area contributed by atoms with E-state index in [-0.39, 0.29) is 17.5 Å². The highest BCUT2D eigenvalue weighted by atomic mass is 19.1. The Morgan fingerprint density at radius 2 is 2.38 bits per heavy atom. The molecule has 1 heterocycles. The highest BCUT2D eigenvalue weighted by Gasteiger charge is 2.24. The lowest BCUT2D eigenvalue weighted by Gasteiger charge is -2.04. The highest BCUT2D eigenvalue weighted by molar-refractivity contribution is 5.71. The summed E-state index contributed by atoms with van der Waals surface area (Å²) in [5.74, 6) is -0.392. The van der Waals surface area contributed by atoms with Gasteiger partial charge in [0.1, 0.15) is 5.69 Å². The van der Waals surface area contributed by atoms with Gasteiger partial charge in [0.25, 0.3) is 0 Å². The predicted molar refractivity (Wildman–Crippen MR) is 43.2 cm³/mol. The number of nitrogens with zero attached hydrogens (tertiary/aromatic N) is 1. The lowest BCUT2D eigenvalue weighted by atomic mass is 10.3. The minimum Gasteiger partial charge on any atom is -0.486 e. The lowest BCUT2D eigenvalue weighted by Crippen LogP contribution is -2.00. The smallest absolute Gasteiger partial charge is 0.173 e. The van der Waals surface area contributed by atoms with E-state index < -0.39 is 5.82 Å². The van der Waals surface area contributed by atoms with Crippen molar-refractivity contribution in [3.63, 3.8) is 0 Å². The Morgan fingerprint density at radius 1 is 1.62 bits per heavy atom. The number of hydrogen-bond acceptors (Lipinski definition) is 3. The van der Waals surface area contributed by atoms with Gasteiger partial charge in [-0.25, -0.2) is 9.37 Å². The Labute approximate surface area is 74.5 Å². The van der Waals surface area contributed by atoms with Gasteiger partial charge in [0.05, 0.1) is 12.3 Å². The molecule has 0 amide bonds. The van der Waals surface area contributed by atoms with Crippen LogP contribution in [0.25, 0.3) is 0 Å². The Hall–Kier alpha value is -1.45. The molecule has 2 rings (SSSR count). The van der Waals surface area contributed by atoms with Crippen molar-refractivity contribution in [3.05, 3.63) is 23.8 Å². The Kier molecular flexibility index (Phi) is 1.96. The molecule has 0 unspecified atom stereocenters. The maximum Gasteiger partial charge on any atom is 0.173 e. The molecular weight excluding hydrogens is 173 g/mol. The number of carbonyl (C=O) groups is 1. The second kappa shape index (κ2) is 3.12. The largest absolute Gasteiger partial charge is 0.486 e. The molecule has 1 aliphatic carbocycles. The Bertz CT molecular complexity index is 336. The van der Waals surface area contributed by atoms with Crippen LogP contribution >= 0.6 is 0 Å². The first-order valence-electron chi connectivity index (χ1n) is 4.07. The van der Waals surface area contributed by atoms with Crippen molar-refractivity contribution in [1.29, 1.82) is 0 Å². The van der Waals surface area contributed by atoms with Crippen molar-refractivity contribution in [1.82, 2.24) is 4.98 Å². The topological polar surface area (TPSA) is 39.2 Å². The molecule has 1 aromatic rings. The molecule has 68 valence electrons. The summed E-state index contributed by atoms with van der Waals surface area (Å²) in [6.45, 7) is 0. The Balaban J connectivity index is 2.20. The van der Waals surface area contributed by atoms with E-state index in [2.05, 4.69) is 4.98 Å². The van der Waals surface area contributed by atoms with Crippen LogP contribution in [0.1, 0.15) is 23.3 Å². The summed E-state index contributed by atoms with van der Waals surface area (Å²) in [4.78, 5) is 13.9. The fraction of sp³-hybridized carbons (Fsp3) is 0.333. The monoisotopic (exact) mass is 181 g/mol. The molecule has 0 N–H and O–H groups in total. The third kappa shape index (κ3) is 1.83. The number of ether oxygens (including phenoxy) is 1. The standard InChI is InChI=1S/C9H8FNO2/c10-8-3-6(5-12)11-4-9(8)13-7-1-2-7/h3-5,7H,1-2H2. The molecular formula is C9H8FNO2. The quantitative estimate of drug-likeness (QED) is 0.664. The zero-order valence-electron chi connectivity index (χ0n) is 6.87. The average Bonchev–Trinajstić information content (AvgIpc) is 2.92. The summed E-state index contributed by atoms with van der Waals surface area (Å²) < 4.78 is 18.3. The molecule has 0 atom stereocenters. The van der Waals surface area contributed by atoms with Crippen molar-refractivity contribution in [2.45, 2.75) is 18.9 Å². The molecule has 4 heteroatoms. The van der Waals surface area contributed by atoms with Crippen LogP contribution in [0, 0.1) is 5.82 Å². The maximum absolute atomic E-state index is 13.1. The van der Waals surface area contributed by atoms with Gasteiger partial charge in [-0.15, -0.1) is 0 Å². The van der Waals surface area contributed by atoms with Crippen LogP contribution < -0.4 is 4.74 Å². The van der Waals surface area contributed by atoms with E-state index in [1.165, 1.54) is 6.20 Å². The molecule has 0 aromatic carbocycles. The number of hydrogen-bond donors (Lipinski definition) is 0. The number of aromatic nitrogens is 1. The first-order chi connectivity index (χ1) is 6.29. The summed E-state index contributed by atoms with van der Waals surface area (Å²) in [6, 6.07) is 1.07. The fourth-order valence-corrected chi connectivity index (χ4v) is 0.950. The number of rotatable bonds is 3. The van der Waals surface area contributed by atoms with Crippen LogP contribution in [-0.2, 0) is 0 Å². The average molecular weight is 181 g/mol. The molecule has 1 aliphatic rings. The predicted octanol–water partition coefficient (Wildman–Crippen LogP) is 1.57. The molecule has 0 bridgehead atoms. The molecule has 1 aromatic heterocycles. The molecule has 0 aliphatic heterocycles.